The standard InChI is InChI=1S/C11H12N2O4S/c14-11(15)4-1-8-5-10(7-12-6-8)18(16,17)13-9-2-3-9/h1,4-7,9,13H,2-3H2,(H,14,15). The molecule has 0 atom stereocenters. The van der Waals surface area contributed by atoms with Gasteiger partial charge < -0.3 is 5.11 Å². The van der Waals surface area contributed by atoms with Crippen LogP contribution in [0.4, 0.5) is 0 Å². The number of sulfonamides is 1. The summed E-state index contributed by atoms with van der Waals surface area (Å²) in [6.07, 6.45) is 6.57. The van der Waals surface area contributed by atoms with E-state index in [1.54, 1.807) is 0 Å². The van der Waals surface area contributed by atoms with Crippen LogP contribution in [0.1, 0.15) is 18.4 Å². The van der Waals surface area contributed by atoms with Gasteiger partial charge in [0.1, 0.15) is 4.90 Å². The van der Waals surface area contributed by atoms with Gasteiger partial charge in [-0.2, -0.15) is 0 Å². The number of aliphatic carboxylic acids is 1. The second-order valence-corrected chi connectivity index (χ2v) is 5.74. The highest BCUT2D eigenvalue weighted by molar-refractivity contribution is 7.89. The Labute approximate surface area is 104 Å². The summed E-state index contributed by atoms with van der Waals surface area (Å²) in [5.41, 5.74) is 0.427. The Bertz CT molecular complexity index is 591. The zero-order valence-corrected chi connectivity index (χ0v) is 10.2. The summed E-state index contributed by atoms with van der Waals surface area (Å²) >= 11 is 0. The predicted octanol–water partition coefficient (Wildman–Crippen LogP) is 0.620. The van der Waals surface area contributed by atoms with E-state index in [4.69, 9.17) is 5.11 Å². The van der Waals surface area contributed by atoms with E-state index in [-0.39, 0.29) is 10.9 Å². The number of carbonyl (C=O) groups is 1. The number of carboxylic acid groups (broad SMARTS) is 1. The van der Waals surface area contributed by atoms with Crippen molar-refractivity contribution in [2.24, 2.45) is 0 Å². The SMILES string of the molecule is O=C(O)C=Cc1cncc(S(=O)(=O)NC2CC2)c1. The van der Waals surface area contributed by atoms with Gasteiger partial charge in [-0.05, 0) is 30.5 Å². The molecule has 0 unspecified atom stereocenters. The molecule has 0 aromatic carbocycles. The fourth-order valence-corrected chi connectivity index (χ4v) is 2.63. The van der Waals surface area contributed by atoms with Crippen LogP contribution >= 0.6 is 0 Å². The minimum atomic E-state index is -3.55. The Morgan fingerprint density at radius 1 is 1.44 bits per heavy atom. The van der Waals surface area contributed by atoms with Gasteiger partial charge in [0.15, 0.2) is 0 Å². The lowest BCUT2D eigenvalue weighted by atomic mass is 10.2. The van der Waals surface area contributed by atoms with Gasteiger partial charge in [-0.25, -0.2) is 17.9 Å². The van der Waals surface area contributed by atoms with Gasteiger partial charge in [0.05, 0.1) is 0 Å². The summed E-state index contributed by atoms with van der Waals surface area (Å²) in [6.45, 7) is 0. The van der Waals surface area contributed by atoms with Gasteiger partial charge in [-0.3, -0.25) is 4.98 Å². The molecule has 0 radical (unpaired) electrons. The lowest BCUT2D eigenvalue weighted by Crippen LogP contribution is -2.25. The first kappa shape index (κ1) is 12.7. The molecule has 1 fully saturated rings. The third-order valence-electron chi connectivity index (χ3n) is 2.36. The molecular weight excluding hydrogens is 256 g/mol. The smallest absolute Gasteiger partial charge is 0.328 e. The molecule has 1 aromatic rings. The largest absolute Gasteiger partial charge is 0.478 e. The van der Waals surface area contributed by atoms with Crippen LogP contribution in [0.15, 0.2) is 29.4 Å². The first-order chi connectivity index (χ1) is 8.47. The first-order valence-electron chi connectivity index (χ1n) is 5.36. The van der Waals surface area contributed by atoms with Crippen molar-refractivity contribution >= 4 is 22.1 Å². The van der Waals surface area contributed by atoms with Gasteiger partial charge >= 0.3 is 5.97 Å². The maximum absolute atomic E-state index is 11.9. The summed E-state index contributed by atoms with van der Waals surface area (Å²) in [5.74, 6) is -1.10. The quantitative estimate of drug-likeness (QED) is 0.763. The Morgan fingerprint density at radius 3 is 2.78 bits per heavy atom. The third-order valence-corrected chi connectivity index (χ3v) is 3.85. The molecule has 96 valence electrons. The van der Waals surface area contributed by atoms with E-state index in [2.05, 4.69) is 9.71 Å². The molecule has 1 aliphatic carbocycles. The van der Waals surface area contributed by atoms with Crippen LogP contribution in [-0.2, 0) is 14.8 Å². The lowest BCUT2D eigenvalue weighted by molar-refractivity contribution is -0.131. The zero-order valence-electron chi connectivity index (χ0n) is 9.41. The Hall–Kier alpha value is -1.73. The zero-order chi connectivity index (χ0) is 13.2. The van der Waals surface area contributed by atoms with Crippen molar-refractivity contribution in [1.29, 1.82) is 0 Å². The van der Waals surface area contributed by atoms with Crippen molar-refractivity contribution in [2.75, 3.05) is 0 Å². The Kier molecular flexibility index (Phi) is 3.44. The molecule has 2 N–H and O–H groups in total. The number of hydrogen-bond acceptors (Lipinski definition) is 4. The number of pyridine rings is 1. The van der Waals surface area contributed by atoms with Crippen LogP contribution in [0, 0.1) is 0 Å². The van der Waals surface area contributed by atoms with E-state index in [1.807, 2.05) is 0 Å². The summed E-state index contributed by atoms with van der Waals surface area (Å²) in [4.78, 5) is 14.2. The third kappa shape index (κ3) is 3.38. The van der Waals surface area contributed by atoms with Gasteiger partial charge in [0.2, 0.25) is 10.0 Å². The fraction of sp³-hybridized carbons (Fsp3) is 0.273. The van der Waals surface area contributed by atoms with Crippen LogP contribution < -0.4 is 4.72 Å². The van der Waals surface area contributed by atoms with Gasteiger partial charge in [0, 0.05) is 24.5 Å². The van der Waals surface area contributed by atoms with E-state index in [0.717, 1.165) is 18.9 Å². The van der Waals surface area contributed by atoms with E-state index in [1.165, 1.54) is 24.5 Å². The normalized spacial score (nSPS) is 16.0. The summed E-state index contributed by atoms with van der Waals surface area (Å²) in [6, 6.07) is 1.41. The molecule has 0 spiro atoms. The average Bonchev–Trinajstić information content (AvgIpc) is 3.10. The summed E-state index contributed by atoms with van der Waals surface area (Å²) in [7, 11) is -3.55. The van der Waals surface area contributed by atoms with Crippen molar-refractivity contribution < 1.29 is 18.3 Å². The highest BCUT2D eigenvalue weighted by atomic mass is 32.2. The Balaban J connectivity index is 2.23. The molecule has 1 saturated carbocycles. The van der Waals surface area contributed by atoms with E-state index in [0.29, 0.717) is 5.56 Å². The number of carboxylic acids is 1. The van der Waals surface area contributed by atoms with Crippen LogP contribution in [-0.4, -0.2) is 30.5 Å². The molecule has 0 amide bonds. The molecule has 0 saturated heterocycles. The first-order valence-corrected chi connectivity index (χ1v) is 6.84. The maximum atomic E-state index is 11.9. The topological polar surface area (TPSA) is 96.4 Å². The van der Waals surface area contributed by atoms with Crippen LogP contribution in [0.25, 0.3) is 6.08 Å². The number of rotatable bonds is 5. The molecule has 1 heterocycles. The maximum Gasteiger partial charge on any atom is 0.328 e. The van der Waals surface area contributed by atoms with Crippen molar-refractivity contribution in [3.63, 3.8) is 0 Å². The highest BCUT2D eigenvalue weighted by Crippen LogP contribution is 2.22. The van der Waals surface area contributed by atoms with Crippen LogP contribution in [0.3, 0.4) is 0 Å². The van der Waals surface area contributed by atoms with Crippen molar-refractivity contribution in [2.45, 2.75) is 23.8 Å². The Morgan fingerprint density at radius 2 is 2.17 bits per heavy atom. The summed E-state index contributed by atoms with van der Waals surface area (Å²) in [5, 5.41) is 8.49. The lowest BCUT2D eigenvalue weighted by Gasteiger charge is -2.05. The highest BCUT2D eigenvalue weighted by Gasteiger charge is 2.28. The second-order valence-electron chi connectivity index (χ2n) is 4.02. The number of nitrogens with one attached hydrogen (secondary N) is 1. The molecule has 0 aliphatic heterocycles. The van der Waals surface area contributed by atoms with E-state index < -0.39 is 16.0 Å². The number of hydrogen-bond donors (Lipinski definition) is 2. The molecule has 1 aromatic heterocycles. The van der Waals surface area contributed by atoms with Crippen LogP contribution in [0.2, 0.25) is 0 Å². The van der Waals surface area contributed by atoms with E-state index in [9.17, 15) is 13.2 Å². The second kappa shape index (κ2) is 4.87. The van der Waals surface area contributed by atoms with Crippen molar-refractivity contribution in [3.8, 4) is 0 Å². The van der Waals surface area contributed by atoms with Gasteiger partial charge in [-0.15, -0.1) is 0 Å². The molecule has 7 heteroatoms. The van der Waals surface area contributed by atoms with Gasteiger partial charge in [0.25, 0.3) is 0 Å². The molecule has 2 rings (SSSR count). The molecular formula is C11H12N2O4S. The van der Waals surface area contributed by atoms with Crippen molar-refractivity contribution in [3.05, 3.63) is 30.1 Å². The molecule has 0 bridgehead atoms. The van der Waals surface area contributed by atoms with E-state index >= 15 is 0 Å². The average molecular weight is 268 g/mol. The predicted molar refractivity (Wildman–Crippen MR) is 64.3 cm³/mol. The van der Waals surface area contributed by atoms with Crippen LogP contribution in [0.5, 0.6) is 0 Å². The minimum absolute atomic E-state index is 0.0215. The monoisotopic (exact) mass is 268 g/mol. The fourth-order valence-electron chi connectivity index (χ4n) is 1.33. The van der Waals surface area contributed by atoms with Gasteiger partial charge in [-0.1, -0.05) is 0 Å². The molecule has 1 aliphatic rings. The molecule has 6 nitrogen and oxygen atoms in total. The van der Waals surface area contributed by atoms with Crippen molar-refractivity contribution in [1.82, 2.24) is 9.71 Å². The summed E-state index contributed by atoms with van der Waals surface area (Å²) < 4.78 is 26.3. The number of nitrogens with zero attached hydrogens (tertiary/aromatic N) is 1. The minimum Gasteiger partial charge on any atom is -0.478 e. The number of aromatic nitrogens is 1. The molecule has 18 heavy (non-hydrogen) atoms.